The minimum atomic E-state index is -3.12. The van der Waals surface area contributed by atoms with E-state index in [0.717, 1.165) is 18.0 Å². The van der Waals surface area contributed by atoms with Gasteiger partial charge in [-0.15, -0.1) is 24.0 Å². The van der Waals surface area contributed by atoms with Gasteiger partial charge in [0.1, 0.15) is 0 Å². The van der Waals surface area contributed by atoms with Crippen LogP contribution >= 0.6 is 35.6 Å². The predicted molar refractivity (Wildman–Crippen MR) is 126 cm³/mol. The summed E-state index contributed by atoms with van der Waals surface area (Å²) in [5, 5.41) is 7.28. The highest BCUT2D eigenvalue weighted by atomic mass is 127. The number of nitrogens with zero attached hydrogens (tertiary/aromatic N) is 1. The Morgan fingerprint density at radius 1 is 1.22 bits per heavy atom. The Labute approximate surface area is 186 Å². The van der Waals surface area contributed by atoms with Gasteiger partial charge in [0.25, 0.3) is 0 Å². The number of hydrogen-bond acceptors (Lipinski definition) is 3. The molecule has 0 fully saturated rings. The Balaban J connectivity index is 0.00000676. The first-order chi connectivity index (χ1) is 12.2. The molecule has 9 heteroatoms. The third-order valence-corrected chi connectivity index (χ3v) is 5.52. The van der Waals surface area contributed by atoms with Crippen molar-refractivity contribution in [1.29, 1.82) is 0 Å². The number of rotatable bonds is 10. The molecule has 27 heavy (non-hydrogen) atoms. The van der Waals surface area contributed by atoms with E-state index in [1.165, 1.54) is 5.56 Å². The van der Waals surface area contributed by atoms with Crippen LogP contribution in [0.3, 0.4) is 0 Å². The third-order valence-electron chi connectivity index (χ3n) is 3.88. The zero-order valence-electron chi connectivity index (χ0n) is 16.5. The summed E-state index contributed by atoms with van der Waals surface area (Å²) in [6.45, 7) is 7.81. The van der Waals surface area contributed by atoms with Gasteiger partial charge in [-0.1, -0.05) is 37.6 Å². The summed E-state index contributed by atoms with van der Waals surface area (Å²) in [6.07, 6.45) is 1.59. The van der Waals surface area contributed by atoms with Gasteiger partial charge in [0, 0.05) is 31.7 Å². The van der Waals surface area contributed by atoms with Crippen LogP contribution < -0.4 is 15.4 Å². The third kappa shape index (κ3) is 11.8. The van der Waals surface area contributed by atoms with Gasteiger partial charge in [-0.2, -0.15) is 0 Å². The number of hydrogen-bond donors (Lipinski definition) is 3. The van der Waals surface area contributed by atoms with Gasteiger partial charge >= 0.3 is 0 Å². The minimum Gasteiger partial charge on any atom is -0.356 e. The van der Waals surface area contributed by atoms with Crippen molar-refractivity contribution in [2.45, 2.75) is 33.6 Å². The van der Waals surface area contributed by atoms with E-state index in [9.17, 15) is 8.42 Å². The molecule has 1 aromatic carbocycles. The van der Waals surface area contributed by atoms with Crippen molar-refractivity contribution in [3.63, 3.8) is 0 Å². The highest BCUT2D eigenvalue weighted by Crippen LogP contribution is 2.22. The standard InChI is InChI=1S/C18H31ClN4O2S.HI/c1-5-26(24,25)23-11-7-10-21-17(20-4)22-14-18(2,3)13-15-8-6-9-16(19)12-15;/h6,8-9,12,23H,5,7,10-11,13-14H2,1-4H3,(H2,20,21,22);1H. The van der Waals surface area contributed by atoms with Crippen molar-refractivity contribution in [2.75, 3.05) is 32.4 Å². The molecule has 0 aromatic heterocycles. The molecule has 0 saturated heterocycles. The van der Waals surface area contributed by atoms with Crippen molar-refractivity contribution >= 4 is 51.6 Å². The molecule has 156 valence electrons. The minimum absolute atomic E-state index is 0. The van der Waals surface area contributed by atoms with Crippen LogP contribution in [0.15, 0.2) is 29.3 Å². The summed E-state index contributed by atoms with van der Waals surface area (Å²) in [6, 6.07) is 7.92. The van der Waals surface area contributed by atoms with Crippen molar-refractivity contribution in [3.8, 4) is 0 Å². The molecular formula is C18H32ClIN4O2S. The summed E-state index contributed by atoms with van der Waals surface area (Å²) in [5.41, 5.74) is 1.23. The average Bonchev–Trinajstić information content (AvgIpc) is 2.57. The fourth-order valence-electron chi connectivity index (χ4n) is 2.43. The van der Waals surface area contributed by atoms with Crippen molar-refractivity contribution < 1.29 is 8.42 Å². The van der Waals surface area contributed by atoms with E-state index in [-0.39, 0.29) is 35.1 Å². The maximum absolute atomic E-state index is 11.4. The van der Waals surface area contributed by atoms with Gasteiger partial charge in [-0.3, -0.25) is 4.99 Å². The van der Waals surface area contributed by atoms with Crippen LogP contribution in [-0.4, -0.2) is 46.8 Å². The molecule has 0 aliphatic carbocycles. The van der Waals surface area contributed by atoms with Crippen LogP contribution in [0.1, 0.15) is 32.8 Å². The lowest BCUT2D eigenvalue weighted by molar-refractivity contribution is 0.359. The van der Waals surface area contributed by atoms with E-state index in [2.05, 4.69) is 40.3 Å². The first-order valence-corrected chi connectivity index (χ1v) is 10.9. The highest BCUT2D eigenvalue weighted by Gasteiger charge is 2.19. The quantitative estimate of drug-likeness (QED) is 0.188. The average molecular weight is 531 g/mol. The Kier molecular flexibility index (Phi) is 12.5. The number of nitrogens with one attached hydrogen (secondary N) is 3. The van der Waals surface area contributed by atoms with Gasteiger partial charge in [-0.25, -0.2) is 13.1 Å². The molecule has 1 aromatic rings. The molecule has 0 aliphatic rings. The van der Waals surface area contributed by atoms with E-state index < -0.39 is 10.0 Å². The molecule has 0 saturated carbocycles. The maximum atomic E-state index is 11.4. The molecule has 6 nitrogen and oxygen atoms in total. The lowest BCUT2D eigenvalue weighted by atomic mass is 9.86. The SMILES string of the molecule is CCS(=O)(=O)NCCCNC(=NC)NCC(C)(C)Cc1cccc(Cl)c1.I. The molecule has 0 unspecified atom stereocenters. The lowest BCUT2D eigenvalue weighted by Gasteiger charge is -2.26. The molecule has 0 bridgehead atoms. The molecule has 0 spiro atoms. The summed E-state index contributed by atoms with van der Waals surface area (Å²) in [5.74, 6) is 0.813. The van der Waals surface area contributed by atoms with Crippen LogP contribution in [0.25, 0.3) is 0 Å². The number of aliphatic imine (C=N–C) groups is 1. The smallest absolute Gasteiger partial charge is 0.211 e. The second-order valence-corrected chi connectivity index (χ2v) is 9.51. The largest absolute Gasteiger partial charge is 0.356 e. The monoisotopic (exact) mass is 530 g/mol. The molecule has 3 N–H and O–H groups in total. The molecule has 0 heterocycles. The van der Waals surface area contributed by atoms with E-state index in [0.29, 0.717) is 25.5 Å². The molecule has 0 radical (unpaired) electrons. The Morgan fingerprint density at radius 3 is 2.52 bits per heavy atom. The van der Waals surface area contributed by atoms with Gasteiger partial charge in [-0.05, 0) is 42.9 Å². The predicted octanol–water partition coefficient (Wildman–Crippen LogP) is 3.02. The lowest BCUT2D eigenvalue weighted by Crippen LogP contribution is -2.43. The van der Waals surface area contributed by atoms with Crippen LogP contribution in [0.5, 0.6) is 0 Å². The fourth-order valence-corrected chi connectivity index (χ4v) is 3.30. The zero-order valence-corrected chi connectivity index (χ0v) is 20.4. The van der Waals surface area contributed by atoms with Gasteiger partial charge in [0.05, 0.1) is 5.75 Å². The number of benzene rings is 1. The summed E-state index contributed by atoms with van der Waals surface area (Å²) >= 11 is 6.06. The Hall–Kier alpha value is -0.580. The molecule has 0 aliphatic heterocycles. The van der Waals surface area contributed by atoms with Crippen molar-refractivity contribution in [1.82, 2.24) is 15.4 Å². The second-order valence-electron chi connectivity index (χ2n) is 6.97. The Morgan fingerprint density at radius 2 is 1.93 bits per heavy atom. The highest BCUT2D eigenvalue weighted by molar-refractivity contribution is 14.0. The van der Waals surface area contributed by atoms with Gasteiger partial charge in [0.15, 0.2) is 5.96 Å². The van der Waals surface area contributed by atoms with Crippen molar-refractivity contribution in [3.05, 3.63) is 34.9 Å². The van der Waals surface area contributed by atoms with Crippen LogP contribution in [0, 0.1) is 5.41 Å². The second kappa shape index (κ2) is 12.8. The van der Waals surface area contributed by atoms with Crippen LogP contribution in [0.4, 0.5) is 0 Å². The molecule has 0 amide bonds. The summed E-state index contributed by atoms with van der Waals surface area (Å²) in [4.78, 5) is 4.21. The van der Waals surface area contributed by atoms with E-state index in [1.54, 1.807) is 14.0 Å². The van der Waals surface area contributed by atoms with Gasteiger partial charge in [0.2, 0.25) is 10.0 Å². The topological polar surface area (TPSA) is 82.6 Å². The van der Waals surface area contributed by atoms with Crippen LogP contribution in [0.2, 0.25) is 5.02 Å². The van der Waals surface area contributed by atoms with E-state index >= 15 is 0 Å². The molecule has 1 rings (SSSR count). The number of guanidine groups is 1. The number of halogens is 2. The fraction of sp³-hybridized carbons (Fsp3) is 0.611. The maximum Gasteiger partial charge on any atom is 0.211 e. The first-order valence-electron chi connectivity index (χ1n) is 8.84. The molecule has 0 atom stereocenters. The van der Waals surface area contributed by atoms with Crippen molar-refractivity contribution in [2.24, 2.45) is 10.4 Å². The van der Waals surface area contributed by atoms with Gasteiger partial charge < -0.3 is 10.6 Å². The first kappa shape index (κ1) is 26.4. The van der Waals surface area contributed by atoms with E-state index in [1.807, 2.05) is 18.2 Å². The number of sulfonamides is 1. The zero-order chi connectivity index (χ0) is 19.6. The Bertz CT molecular complexity index is 696. The summed E-state index contributed by atoms with van der Waals surface area (Å²) in [7, 11) is -1.40. The normalized spacial score (nSPS) is 12.4. The molecular weight excluding hydrogens is 499 g/mol. The van der Waals surface area contributed by atoms with Crippen LogP contribution in [-0.2, 0) is 16.4 Å². The summed E-state index contributed by atoms with van der Waals surface area (Å²) < 4.78 is 25.3. The van der Waals surface area contributed by atoms with E-state index in [4.69, 9.17) is 11.6 Å².